The first-order valence-corrected chi connectivity index (χ1v) is 7.16. The maximum atomic E-state index is 12.5. The van der Waals surface area contributed by atoms with Crippen LogP contribution >= 0.6 is 15.9 Å². The Bertz CT molecular complexity index is 459. The maximum Gasteiger partial charge on any atom is 0.254 e. The summed E-state index contributed by atoms with van der Waals surface area (Å²) >= 11 is 3.35. The van der Waals surface area contributed by atoms with E-state index in [1.807, 2.05) is 17.0 Å². The average molecular weight is 311 g/mol. The van der Waals surface area contributed by atoms with Crippen LogP contribution in [0.15, 0.2) is 22.7 Å². The van der Waals surface area contributed by atoms with Crippen LogP contribution in [0.1, 0.15) is 37.0 Å². The SMILES string of the molecule is CC(C)C1CCCN1C(=O)c1ccc(Br)c(N)c1. The molecule has 2 N–H and O–H groups in total. The van der Waals surface area contributed by atoms with Crippen molar-refractivity contribution in [2.45, 2.75) is 32.7 Å². The highest BCUT2D eigenvalue weighted by Gasteiger charge is 2.31. The van der Waals surface area contributed by atoms with Crippen molar-refractivity contribution < 1.29 is 4.79 Å². The molecule has 0 saturated carbocycles. The summed E-state index contributed by atoms with van der Waals surface area (Å²) < 4.78 is 0.834. The van der Waals surface area contributed by atoms with Crippen LogP contribution in [-0.4, -0.2) is 23.4 Å². The number of hydrogen-bond donors (Lipinski definition) is 1. The first kappa shape index (κ1) is 13.4. The summed E-state index contributed by atoms with van der Waals surface area (Å²) in [5, 5.41) is 0. The number of amides is 1. The number of carbonyl (C=O) groups is 1. The molecule has 4 heteroatoms. The molecule has 1 aliphatic rings. The molecule has 98 valence electrons. The van der Waals surface area contributed by atoms with Crippen LogP contribution in [0.25, 0.3) is 0 Å². The molecular weight excluding hydrogens is 292 g/mol. The Morgan fingerprint density at radius 3 is 2.83 bits per heavy atom. The van der Waals surface area contributed by atoms with Crippen molar-refractivity contribution in [3.05, 3.63) is 28.2 Å². The van der Waals surface area contributed by atoms with Gasteiger partial charge in [-0.15, -0.1) is 0 Å². The van der Waals surface area contributed by atoms with Crippen LogP contribution in [0.3, 0.4) is 0 Å². The van der Waals surface area contributed by atoms with E-state index in [9.17, 15) is 4.79 Å². The Kier molecular flexibility index (Phi) is 3.95. The molecule has 0 bridgehead atoms. The molecule has 0 spiro atoms. The van der Waals surface area contributed by atoms with Gasteiger partial charge in [-0.25, -0.2) is 0 Å². The lowest BCUT2D eigenvalue weighted by atomic mass is 10.0. The first-order valence-electron chi connectivity index (χ1n) is 6.36. The molecular formula is C14H19BrN2O. The zero-order chi connectivity index (χ0) is 13.3. The molecule has 1 fully saturated rings. The topological polar surface area (TPSA) is 46.3 Å². The van der Waals surface area contributed by atoms with Gasteiger partial charge in [-0.05, 0) is 52.9 Å². The predicted octanol–water partition coefficient (Wildman–Crippen LogP) is 3.29. The molecule has 1 saturated heterocycles. The van der Waals surface area contributed by atoms with Gasteiger partial charge in [-0.2, -0.15) is 0 Å². The van der Waals surface area contributed by atoms with Gasteiger partial charge in [0.2, 0.25) is 0 Å². The molecule has 0 radical (unpaired) electrons. The van der Waals surface area contributed by atoms with Gasteiger partial charge in [0, 0.05) is 28.3 Å². The summed E-state index contributed by atoms with van der Waals surface area (Å²) in [6, 6.07) is 5.78. The van der Waals surface area contributed by atoms with Gasteiger partial charge in [-0.1, -0.05) is 13.8 Å². The summed E-state index contributed by atoms with van der Waals surface area (Å²) in [5.74, 6) is 0.606. The number of carbonyl (C=O) groups excluding carboxylic acids is 1. The quantitative estimate of drug-likeness (QED) is 0.852. The number of nitrogens with zero attached hydrogens (tertiary/aromatic N) is 1. The molecule has 2 rings (SSSR count). The number of halogens is 1. The van der Waals surface area contributed by atoms with Crippen molar-refractivity contribution in [3.63, 3.8) is 0 Å². The fourth-order valence-corrected chi connectivity index (χ4v) is 2.83. The molecule has 18 heavy (non-hydrogen) atoms. The Morgan fingerprint density at radius 1 is 1.50 bits per heavy atom. The lowest BCUT2D eigenvalue weighted by molar-refractivity contribution is 0.0701. The van der Waals surface area contributed by atoms with E-state index in [1.165, 1.54) is 0 Å². The van der Waals surface area contributed by atoms with E-state index >= 15 is 0 Å². The van der Waals surface area contributed by atoms with E-state index in [2.05, 4.69) is 29.8 Å². The lowest BCUT2D eigenvalue weighted by Crippen LogP contribution is -2.38. The summed E-state index contributed by atoms with van der Waals surface area (Å²) in [5.41, 5.74) is 7.13. The molecule has 1 aromatic rings. The third kappa shape index (κ3) is 2.53. The normalized spacial score (nSPS) is 19.6. The van der Waals surface area contributed by atoms with Crippen molar-refractivity contribution in [2.24, 2.45) is 5.92 Å². The Hall–Kier alpha value is -1.03. The molecule has 1 heterocycles. The van der Waals surface area contributed by atoms with Crippen LogP contribution in [-0.2, 0) is 0 Å². The largest absolute Gasteiger partial charge is 0.398 e. The number of likely N-dealkylation sites (tertiary alicyclic amines) is 1. The zero-order valence-electron chi connectivity index (χ0n) is 10.8. The van der Waals surface area contributed by atoms with Gasteiger partial charge in [0.05, 0.1) is 0 Å². The summed E-state index contributed by atoms with van der Waals surface area (Å²) in [4.78, 5) is 14.5. The Balaban J connectivity index is 2.22. The smallest absolute Gasteiger partial charge is 0.254 e. The predicted molar refractivity (Wildman–Crippen MR) is 77.5 cm³/mol. The van der Waals surface area contributed by atoms with Crippen molar-refractivity contribution in [3.8, 4) is 0 Å². The minimum Gasteiger partial charge on any atom is -0.398 e. The fraction of sp³-hybridized carbons (Fsp3) is 0.500. The summed E-state index contributed by atoms with van der Waals surface area (Å²) in [6.45, 7) is 5.20. The van der Waals surface area contributed by atoms with Gasteiger partial charge >= 0.3 is 0 Å². The van der Waals surface area contributed by atoms with E-state index < -0.39 is 0 Å². The fourth-order valence-electron chi connectivity index (χ4n) is 2.58. The molecule has 1 amide bonds. The van der Waals surface area contributed by atoms with E-state index in [0.717, 1.165) is 23.9 Å². The Morgan fingerprint density at radius 2 is 2.22 bits per heavy atom. The standard InChI is InChI=1S/C14H19BrN2O/c1-9(2)13-4-3-7-17(13)14(18)10-5-6-11(15)12(16)8-10/h5-6,8-9,13H,3-4,7,16H2,1-2H3. The van der Waals surface area contributed by atoms with Crippen molar-refractivity contribution >= 4 is 27.5 Å². The minimum absolute atomic E-state index is 0.102. The van der Waals surface area contributed by atoms with Gasteiger partial charge in [0.25, 0.3) is 5.91 Å². The second kappa shape index (κ2) is 5.31. The maximum absolute atomic E-state index is 12.5. The molecule has 1 aliphatic heterocycles. The highest BCUT2D eigenvalue weighted by atomic mass is 79.9. The van der Waals surface area contributed by atoms with Gasteiger partial charge in [-0.3, -0.25) is 4.79 Å². The number of anilines is 1. The first-order chi connectivity index (χ1) is 8.50. The van der Waals surface area contributed by atoms with Crippen LogP contribution in [0, 0.1) is 5.92 Å². The number of rotatable bonds is 2. The third-order valence-electron chi connectivity index (χ3n) is 3.57. The van der Waals surface area contributed by atoms with Crippen LogP contribution in [0.5, 0.6) is 0 Å². The van der Waals surface area contributed by atoms with Gasteiger partial charge in [0.15, 0.2) is 0 Å². The molecule has 1 aromatic carbocycles. The number of hydrogen-bond acceptors (Lipinski definition) is 2. The Labute approximate surface area is 116 Å². The summed E-state index contributed by atoms with van der Waals surface area (Å²) in [7, 11) is 0. The minimum atomic E-state index is 0.102. The highest BCUT2D eigenvalue weighted by Crippen LogP contribution is 2.27. The molecule has 3 nitrogen and oxygen atoms in total. The molecule has 1 unspecified atom stereocenters. The number of benzene rings is 1. The molecule has 0 aliphatic carbocycles. The van der Waals surface area contributed by atoms with Crippen molar-refractivity contribution in [2.75, 3.05) is 12.3 Å². The van der Waals surface area contributed by atoms with Crippen LogP contribution in [0.2, 0.25) is 0 Å². The third-order valence-corrected chi connectivity index (χ3v) is 4.29. The van der Waals surface area contributed by atoms with Gasteiger partial charge in [0.1, 0.15) is 0 Å². The van der Waals surface area contributed by atoms with Crippen LogP contribution < -0.4 is 5.73 Å². The zero-order valence-corrected chi connectivity index (χ0v) is 12.4. The number of nitrogen functional groups attached to an aromatic ring is 1. The van der Waals surface area contributed by atoms with Crippen molar-refractivity contribution in [1.29, 1.82) is 0 Å². The second-order valence-electron chi connectivity index (χ2n) is 5.19. The van der Waals surface area contributed by atoms with E-state index in [-0.39, 0.29) is 5.91 Å². The number of nitrogens with two attached hydrogens (primary N) is 1. The van der Waals surface area contributed by atoms with E-state index in [1.54, 1.807) is 6.07 Å². The summed E-state index contributed by atoms with van der Waals surface area (Å²) in [6.07, 6.45) is 2.20. The van der Waals surface area contributed by atoms with Crippen molar-refractivity contribution in [1.82, 2.24) is 4.90 Å². The van der Waals surface area contributed by atoms with E-state index in [4.69, 9.17) is 5.73 Å². The molecule has 1 atom stereocenters. The second-order valence-corrected chi connectivity index (χ2v) is 6.04. The van der Waals surface area contributed by atoms with E-state index in [0.29, 0.717) is 23.2 Å². The van der Waals surface area contributed by atoms with Crippen LogP contribution in [0.4, 0.5) is 5.69 Å². The average Bonchev–Trinajstić information content (AvgIpc) is 2.81. The highest BCUT2D eigenvalue weighted by molar-refractivity contribution is 9.10. The lowest BCUT2D eigenvalue weighted by Gasteiger charge is -2.27. The van der Waals surface area contributed by atoms with Gasteiger partial charge < -0.3 is 10.6 Å². The molecule has 0 aromatic heterocycles. The monoisotopic (exact) mass is 310 g/mol.